The topological polar surface area (TPSA) is 69.6 Å². The van der Waals surface area contributed by atoms with Gasteiger partial charge in [0.05, 0.1) is 11.3 Å². The fraction of sp³-hybridized carbons (Fsp3) is 0.0714. The van der Waals surface area contributed by atoms with Crippen LogP contribution in [0.15, 0.2) is 40.9 Å². The van der Waals surface area contributed by atoms with Crippen molar-refractivity contribution in [2.75, 3.05) is 5.73 Å². The van der Waals surface area contributed by atoms with Gasteiger partial charge >= 0.3 is 0 Å². The maximum absolute atomic E-state index is 14.1. The lowest BCUT2D eigenvalue weighted by Crippen LogP contribution is -2.02. The standard InChI is InChI=1S/C14H11BrFN5/c1-8-4-9(15)6-11(5-8)21-14(18-19-20-21)12-3-2-10(17)7-13(12)16/h2-7H,17H2,1H3. The van der Waals surface area contributed by atoms with Gasteiger partial charge in [-0.3, -0.25) is 0 Å². The van der Waals surface area contributed by atoms with Crippen LogP contribution >= 0.6 is 15.9 Å². The van der Waals surface area contributed by atoms with E-state index in [1.165, 1.54) is 10.7 Å². The van der Waals surface area contributed by atoms with Crippen LogP contribution in [0.25, 0.3) is 17.1 Å². The van der Waals surface area contributed by atoms with E-state index in [1.807, 2.05) is 25.1 Å². The van der Waals surface area contributed by atoms with E-state index in [-0.39, 0.29) is 0 Å². The largest absolute Gasteiger partial charge is 0.399 e. The molecule has 0 bridgehead atoms. The Labute approximate surface area is 128 Å². The summed E-state index contributed by atoms with van der Waals surface area (Å²) in [7, 11) is 0. The van der Waals surface area contributed by atoms with Gasteiger partial charge in [0.15, 0.2) is 5.82 Å². The molecule has 1 heterocycles. The number of rotatable bonds is 2. The fourth-order valence-electron chi connectivity index (χ4n) is 2.08. The van der Waals surface area contributed by atoms with E-state index >= 15 is 0 Å². The van der Waals surface area contributed by atoms with Crippen LogP contribution < -0.4 is 5.73 Å². The minimum Gasteiger partial charge on any atom is -0.399 e. The Balaban J connectivity index is 2.17. The van der Waals surface area contributed by atoms with Gasteiger partial charge in [-0.15, -0.1) is 5.10 Å². The number of benzene rings is 2. The SMILES string of the molecule is Cc1cc(Br)cc(-n2nnnc2-c2ccc(N)cc2F)c1. The van der Waals surface area contributed by atoms with E-state index < -0.39 is 5.82 Å². The number of anilines is 1. The normalized spacial score (nSPS) is 10.8. The number of halogens is 2. The number of hydrogen-bond acceptors (Lipinski definition) is 4. The Hall–Kier alpha value is -2.28. The maximum atomic E-state index is 14.1. The van der Waals surface area contributed by atoms with Crippen LogP contribution in [0.5, 0.6) is 0 Å². The lowest BCUT2D eigenvalue weighted by molar-refractivity contribution is 0.629. The lowest BCUT2D eigenvalue weighted by Gasteiger charge is -2.07. The summed E-state index contributed by atoms with van der Waals surface area (Å²) < 4.78 is 16.5. The van der Waals surface area contributed by atoms with Crippen LogP contribution in [0.3, 0.4) is 0 Å². The predicted molar refractivity (Wildman–Crippen MR) is 81.4 cm³/mol. The lowest BCUT2D eigenvalue weighted by atomic mass is 10.1. The number of nitrogen functional groups attached to an aromatic ring is 1. The van der Waals surface area contributed by atoms with Crippen molar-refractivity contribution < 1.29 is 4.39 Å². The van der Waals surface area contributed by atoms with Crippen molar-refractivity contribution in [3.05, 3.63) is 52.3 Å². The molecule has 0 aliphatic rings. The number of aryl methyl sites for hydroxylation is 1. The zero-order valence-electron chi connectivity index (χ0n) is 11.1. The fourth-order valence-corrected chi connectivity index (χ4v) is 2.68. The molecule has 0 unspecified atom stereocenters. The highest BCUT2D eigenvalue weighted by Crippen LogP contribution is 2.25. The molecule has 1 aromatic heterocycles. The van der Waals surface area contributed by atoms with E-state index in [1.54, 1.807) is 12.1 Å². The average Bonchev–Trinajstić information content (AvgIpc) is 2.86. The van der Waals surface area contributed by atoms with Gasteiger partial charge in [-0.25, -0.2) is 4.39 Å². The Bertz CT molecular complexity index is 795. The summed E-state index contributed by atoms with van der Waals surface area (Å²) >= 11 is 3.43. The summed E-state index contributed by atoms with van der Waals surface area (Å²) in [5.41, 5.74) is 8.01. The number of nitrogens with two attached hydrogens (primary N) is 1. The Morgan fingerprint density at radius 2 is 2.00 bits per heavy atom. The summed E-state index contributed by atoms with van der Waals surface area (Å²) in [4.78, 5) is 0. The highest BCUT2D eigenvalue weighted by molar-refractivity contribution is 9.10. The average molecular weight is 348 g/mol. The third-order valence-electron chi connectivity index (χ3n) is 2.98. The molecule has 0 radical (unpaired) electrons. The molecule has 3 rings (SSSR count). The summed E-state index contributed by atoms with van der Waals surface area (Å²) in [5, 5.41) is 11.5. The highest BCUT2D eigenvalue weighted by atomic mass is 79.9. The molecule has 2 N–H and O–H groups in total. The van der Waals surface area contributed by atoms with Gasteiger partial charge in [0.1, 0.15) is 5.82 Å². The van der Waals surface area contributed by atoms with Crippen molar-refractivity contribution in [1.29, 1.82) is 0 Å². The number of aromatic nitrogens is 4. The van der Waals surface area contributed by atoms with Gasteiger partial charge in [-0.05, 0) is 59.3 Å². The number of tetrazole rings is 1. The van der Waals surface area contributed by atoms with Crippen molar-refractivity contribution in [1.82, 2.24) is 20.2 Å². The molecule has 5 nitrogen and oxygen atoms in total. The molecule has 2 aromatic carbocycles. The first-order chi connectivity index (χ1) is 10.0. The first-order valence-electron chi connectivity index (χ1n) is 6.16. The van der Waals surface area contributed by atoms with Crippen LogP contribution in [0, 0.1) is 12.7 Å². The molecule has 0 atom stereocenters. The molecular formula is C14H11BrFN5. The highest BCUT2D eigenvalue weighted by Gasteiger charge is 2.15. The minimum absolute atomic E-state index is 0.298. The van der Waals surface area contributed by atoms with Crippen LogP contribution in [0.2, 0.25) is 0 Å². The van der Waals surface area contributed by atoms with Crippen LogP contribution in [-0.2, 0) is 0 Å². The van der Waals surface area contributed by atoms with Crippen molar-refractivity contribution >= 4 is 21.6 Å². The first-order valence-corrected chi connectivity index (χ1v) is 6.95. The molecule has 21 heavy (non-hydrogen) atoms. The zero-order chi connectivity index (χ0) is 15.0. The van der Waals surface area contributed by atoms with E-state index in [9.17, 15) is 4.39 Å². The monoisotopic (exact) mass is 347 g/mol. The van der Waals surface area contributed by atoms with E-state index in [2.05, 4.69) is 31.5 Å². The Morgan fingerprint density at radius 1 is 1.19 bits per heavy atom. The van der Waals surface area contributed by atoms with Crippen LogP contribution in [0.4, 0.5) is 10.1 Å². The molecule has 0 aliphatic heterocycles. The van der Waals surface area contributed by atoms with Crippen LogP contribution in [-0.4, -0.2) is 20.2 Å². The molecule has 0 amide bonds. The van der Waals surface area contributed by atoms with Gasteiger partial charge in [0.25, 0.3) is 0 Å². The van der Waals surface area contributed by atoms with Gasteiger partial charge in [0, 0.05) is 10.2 Å². The Morgan fingerprint density at radius 3 is 2.71 bits per heavy atom. The van der Waals surface area contributed by atoms with Gasteiger partial charge in [-0.2, -0.15) is 4.68 Å². The maximum Gasteiger partial charge on any atom is 0.190 e. The van der Waals surface area contributed by atoms with Crippen molar-refractivity contribution in [2.24, 2.45) is 0 Å². The summed E-state index contributed by atoms with van der Waals surface area (Å²) in [6, 6.07) is 10.2. The third kappa shape index (κ3) is 2.64. The van der Waals surface area contributed by atoms with Gasteiger partial charge in [0.2, 0.25) is 0 Å². The smallest absolute Gasteiger partial charge is 0.190 e. The van der Waals surface area contributed by atoms with E-state index in [4.69, 9.17) is 5.73 Å². The van der Waals surface area contributed by atoms with Crippen molar-refractivity contribution in [2.45, 2.75) is 6.92 Å². The predicted octanol–water partition coefficient (Wildman–Crippen LogP) is 3.12. The quantitative estimate of drug-likeness (QED) is 0.723. The second kappa shape index (κ2) is 5.25. The Kier molecular flexibility index (Phi) is 3.42. The molecule has 0 fully saturated rings. The van der Waals surface area contributed by atoms with Gasteiger partial charge in [-0.1, -0.05) is 15.9 Å². The molecule has 7 heteroatoms. The number of nitrogens with zero attached hydrogens (tertiary/aromatic N) is 4. The van der Waals surface area contributed by atoms with Gasteiger partial charge < -0.3 is 5.73 Å². The molecular weight excluding hydrogens is 337 g/mol. The molecule has 3 aromatic rings. The van der Waals surface area contributed by atoms with Crippen LogP contribution in [0.1, 0.15) is 5.56 Å². The number of hydrogen-bond donors (Lipinski definition) is 1. The zero-order valence-corrected chi connectivity index (χ0v) is 12.7. The van der Waals surface area contributed by atoms with Crippen molar-refractivity contribution in [3.63, 3.8) is 0 Å². The molecule has 106 valence electrons. The second-order valence-electron chi connectivity index (χ2n) is 4.64. The summed E-state index contributed by atoms with van der Waals surface area (Å²) in [6.07, 6.45) is 0. The first kappa shape index (κ1) is 13.7. The molecule has 0 spiro atoms. The second-order valence-corrected chi connectivity index (χ2v) is 5.56. The molecule has 0 saturated carbocycles. The summed E-state index contributed by atoms with van der Waals surface area (Å²) in [5.74, 6) is -0.136. The van der Waals surface area contributed by atoms with E-state index in [0.29, 0.717) is 17.1 Å². The minimum atomic E-state index is -0.460. The third-order valence-corrected chi connectivity index (χ3v) is 3.43. The molecule has 0 aliphatic carbocycles. The van der Waals surface area contributed by atoms with E-state index in [0.717, 1.165) is 15.7 Å². The summed E-state index contributed by atoms with van der Waals surface area (Å²) in [6.45, 7) is 1.96. The van der Waals surface area contributed by atoms with Crippen molar-refractivity contribution in [3.8, 4) is 17.1 Å². The molecule has 0 saturated heterocycles.